The highest BCUT2D eigenvalue weighted by molar-refractivity contribution is 7.18. The van der Waals surface area contributed by atoms with Gasteiger partial charge in [0.05, 0.1) is 35.5 Å². The van der Waals surface area contributed by atoms with Gasteiger partial charge in [0, 0.05) is 23.5 Å². The Bertz CT molecular complexity index is 1170. The minimum absolute atomic E-state index is 0.0417. The maximum atomic E-state index is 12.8. The van der Waals surface area contributed by atoms with Crippen LogP contribution in [0.25, 0.3) is 0 Å². The van der Waals surface area contributed by atoms with Crippen molar-refractivity contribution in [3.63, 3.8) is 0 Å². The van der Waals surface area contributed by atoms with E-state index in [9.17, 15) is 14.9 Å². The molecule has 3 radical (unpaired) electrons. The molecule has 0 aromatic carbocycles. The molecule has 0 saturated carbocycles. The Morgan fingerprint density at radius 2 is 2.38 bits per heavy atom. The van der Waals surface area contributed by atoms with E-state index in [1.165, 1.54) is 19.4 Å². The van der Waals surface area contributed by atoms with Gasteiger partial charge in [0.25, 0.3) is 5.91 Å². The monoisotopic (exact) mass is 470 g/mol. The Balaban J connectivity index is 1.90. The SMILES string of the molecule is COc1c(N2CCC[C@@]2([Si])CC#N)cc(C(=O)Nc2nnc(N=C(C)C=CN)s2)oc1=O. The largest absolute Gasteiger partial charge is 0.488 e. The summed E-state index contributed by atoms with van der Waals surface area (Å²) in [6.45, 7) is 2.31. The average Bonchev–Trinajstić information content (AvgIpc) is 3.33. The summed E-state index contributed by atoms with van der Waals surface area (Å²) in [5, 5.41) is 19.4. The number of allylic oxidation sites excluding steroid dienone is 1. The van der Waals surface area contributed by atoms with Crippen LogP contribution < -0.4 is 26.3 Å². The van der Waals surface area contributed by atoms with Crippen molar-refractivity contribution in [3.05, 3.63) is 34.5 Å². The maximum absolute atomic E-state index is 12.8. The van der Waals surface area contributed by atoms with Gasteiger partial charge >= 0.3 is 5.63 Å². The van der Waals surface area contributed by atoms with E-state index in [1.54, 1.807) is 13.0 Å². The Labute approximate surface area is 191 Å². The molecule has 2 aromatic heterocycles. The molecule has 1 atom stereocenters. The highest BCUT2D eigenvalue weighted by atomic mass is 32.1. The van der Waals surface area contributed by atoms with Crippen LogP contribution in [-0.2, 0) is 0 Å². The van der Waals surface area contributed by atoms with Crippen LogP contribution in [0.15, 0.2) is 32.5 Å². The summed E-state index contributed by atoms with van der Waals surface area (Å²) in [7, 11) is 5.02. The molecule has 165 valence electrons. The van der Waals surface area contributed by atoms with Gasteiger partial charge in [0.2, 0.25) is 16.0 Å². The van der Waals surface area contributed by atoms with Gasteiger partial charge in [-0.2, -0.15) is 5.26 Å². The summed E-state index contributed by atoms with van der Waals surface area (Å²) < 4.78 is 10.4. The number of aromatic nitrogens is 2. The lowest BCUT2D eigenvalue weighted by Crippen LogP contribution is -2.45. The van der Waals surface area contributed by atoms with Crippen LogP contribution in [0.4, 0.5) is 16.0 Å². The second kappa shape index (κ2) is 9.75. The van der Waals surface area contributed by atoms with Gasteiger partial charge in [-0.1, -0.05) is 11.3 Å². The lowest BCUT2D eigenvalue weighted by atomic mass is 10.1. The van der Waals surface area contributed by atoms with Gasteiger partial charge in [0.15, 0.2) is 5.76 Å². The smallest absolute Gasteiger partial charge is 0.381 e. The number of hydrogen-bond acceptors (Lipinski definition) is 11. The molecule has 3 rings (SSSR count). The molecule has 1 aliphatic rings. The van der Waals surface area contributed by atoms with Crippen LogP contribution in [0, 0.1) is 11.3 Å². The number of rotatable bonds is 7. The van der Waals surface area contributed by atoms with E-state index in [0.717, 1.165) is 17.8 Å². The summed E-state index contributed by atoms with van der Waals surface area (Å²) in [4.78, 5) is 31.3. The number of methoxy groups -OCH3 is 1. The van der Waals surface area contributed by atoms with Crippen LogP contribution in [0.5, 0.6) is 5.75 Å². The van der Waals surface area contributed by atoms with Crippen molar-refractivity contribution in [2.24, 2.45) is 10.7 Å². The summed E-state index contributed by atoms with van der Waals surface area (Å²) in [5.41, 5.74) is 5.50. The topological polar surface area (TPSA) is 160 Å². The normalized spacial score (nSPS) is 18.7. The fourth-order valence-electron chi connectivity index (χ4n) is 3.31. The third-order valence-corrected chi connectivity index (χ3v) is 6.14. The number of carbonyl (C=O) groups excluding carboxylic acids is 1. The number of ether oxygens (including phenoxy) is 1. The van der Waals surface area contributed by atoms with Crippen molar-refractivity contribution in [1.29, 1.82) is 5.26 Å². The standard InChI is InChI=1S/C19H20N7O4SSi/c1-11(4-7-20)22-17-24-25-18(31-17)23-15(27)13-10-12(14(29-2)16(28)30-13)26-9-3-5-19(26,32)6-8-21/h4,7,10H,3,5-6,9,20H2,1-2H3,(H,23,25,27)/t19-/m1/s1. The Morgan fingerprint density at radius 1 is 1.59 bits per heavy atom. The minimum Gasteiger partial charge on any atom is -0.488 e. The molecule has 1 fully saturated rings. The van der Waals surface area contributed by atoms with Crippen LogP contribution in [-0.4, -0.2) is 50.9 Å². The van der Waals surface area contributed by atoms with E-state index in [1.807, 2.05) is 4.90 Å². The molecule has 13 heteroatoms. The third-order valence-electron chi connectivity index (χ3n) is 4.71. The molecule has 1 saturated heterocycles. The Hall–Kier alpha value is -3.50. The first-order chi connectivity index (χ1) is 15.3. The quantitative estimate of drug-likeness (QED) is 0.453. The molecule has 3 N–H and O–H groups in total. The maximum Gasteiger partial charge on any atom is 0.381 e. The number of aliphatic imine (C=N–C) groups is 1. The lowest BCUT2D eigenvalue weighted by Gasteiger charge is -2.35. The van der Waals surface area contributed by atoms with Crippen molar-refractivity contribution in [3.8, 4) is 11.8 Å². The van der Waals surface area contributed by atoms with Gasteiger partial charge in [-0.3, -0.25) is 10.1 Å². The molecule has 0 bridgehead atoms. The molecule has 0 aliphatic carbocycles. The van der Waals surface area contributed by atoms with Gasteiger partial charge in [0.1, 0.15) is 0 Å². The van der Waals surface area contributed by atoms with Gasteiger partial charge in [-0.25, -0.2) is 9.79 Å². The van der Waals surface area contributed by atoms with Gasteiger partial charge in [-0.15, -0.1) is 10.2 Å². The van der Waals surface area contributed by atoms with Crippen LogP contribution >= 0.6 is 11.3 Å². The van der Waals surface area contributed by atoms with Crippen molar-refractivity contribution < 1.29 is 13.9 Å². The Morgan fingerprint density at radius 3 is 3.06 bits per heavy atom. The zero-order valence-corrected chi connectivity index (χ0v) is 19.2. The number of nitrogens with zero attached hydrogens (tertiary/aromatic N) is 5. The number of anilines is 2. The third kappa shape index (κ3) is 4.87. The van der Waals surface area contributed by atoms with Crippen LogP contribution in [0.2, 0.25) is 0 Å². The van der Waals surface area contributed by atoms with Crippen molar-refractivity contribution in [2.45, 2.75) is 31.3 Å². The molecule has 3 heterocycles. The second-order valence-electron chi connectivity index (χ2n) is 6.89. The number of nitrogens with one attached hydrogen (secondary N) is 1. The van der Waals surface area contributed by atoms with Gasteiger partial charge < -0.3 is 19.8 Å². The molecule has 0 spiro atoms. The van der Waals surface area contributed by atoms with E-state index in [4.69, 9.17) is 14.9 Å². The summed E-state index contributed by atoms with van der Waals surface area (Å²) in [6.07, 6.45) is 4.62. The number of carbonyl (C=O) groups is 1. The highest BCUT2D eigenvalue weighted by Gasteiger charge is 2.39. The van der Waals surface area contributed by atoms with E-state index in [-0.39, 0.29) is 23.1 Å². The van der Waals surface area contributed by atoms with Crippen molar-refractivity contribution in [1.82, 2.24) is 10.2 Å². The molecule has 1 amide bonds. The highest BCUT2D eigenvalue weighted by Crippen LogP contribution is 2.38. The summed E-state index contributed by atoms with van der Waals surface area (Å²) >= 11 is 1.04. The predicted molar refractivity (Wildman–Crippen MR) is 121 cm³/mol. The number of nitrogens with two attached hydrogens (primary N) is 1. The van der Waals surface area contributed by atoms with Crippen molar-refractivity contribution >= 4 is 49.1 Å². The molecule has 0 unspecified atom stereocenters. The minimum atomic E-state index is -0.806. The van der Waals surface area contributed by atoms with Crippen LogP contribution in [0.1, 0.15) is 36.7 Å². The second-order valence-corrected chi connectivity index (χ2v) is 8.78. The number of hydrogen-bond donors (Lipinski definition) is 2. The predicted octanol–water partition coefficient (Wildman–Crippen LogP) is 1.70. The fourth-order valence-corrected chi connectivity index (χ4v) is 4.47. The van der Waals surface area contributed by atoms with E-state index in [2.05, 4.69) is 36.8 Å². The van der Waals surface area contributed by atoms with Crippen molar-refractivity contribution in [2.75, 3.05) is 23.9 Å². The zero-order chi connectivity index (χ0) is 23.3. The Kier molecular flexibility index (Phi) is 7.06. The number of nitriles is 1. The van der Waals surface area contributed by atoms with Gasteiger partial charge in [-0.05, 0) is 32.0 Å². The first kappa shape index (κ1) is 23.2. The molecule has 2 aromatic rings. The molecule has 11 nitrogen and oxygen atoms in total. The van der Waals surface area contributed by atoms with Crippen LogP contribution in [0.3, 0.4) is 0 Å². The number of amides is 1. The van der Waals surface area contributed by atoms with E-state index >= 15 is 0 Å². The summed E-state index contributed by atoms with van der Waals surface area (Å²) in [5.74, 6) is -0.957. The average molecular weight is 471 g/mol. The molecule has 32 heavy (non-hydrogen) atoms. The first-order valence-electron chi connectivity index (χ1n) is 9.51. The fraction of sp³-hybridized carbons (Fsp3) is 0.368. The zero-order valence-electron chi connectivity index (χ0n) is 17.4. The molecule has 1 aliphatic heterocycles. The van der Waals surface area contributed by atoms with E-state index < -0.39 is 16.7 Å². The lowest BCUT2D eigenvalue weighted by molar-refractivity contribution is 0.0991. The molecular weight excluding hydrogens is 450 g/mol. The summed E-state index contributed by atoms with van der Waals surface area (Å²) in [6, 6.07) is 3.57. The van der Waals surface area contributed by atoms with E-state index in [0.29, 0.717) is 29.5 Å². The first-order valence-corrected chi connectivity index (χ1v) is 10.8. The molecular formula is C19H20N7O4SSi.